The molecule has 0 saturated carbocycles. The predicted octanol–water partition coefficient (Wildman–Crippen LogP) is 3.93. The summed E-state index contributed by atoms with van der Waals surface area (Å²) < 4.78 is 5.15. The smallest absolute Gasteiger partial charge is 0.253 e. The largest absolute Gasteiger partial charge is 0.497 e. The van der Waals surface area contributed by atoms with E-state index in [1.54, 1.807) is 36.3 Å². The highest BCUT2D eigenvalue weighted by molar-refractivity contribution is 6.07. The maximum atomic E-state index is 13.0. The molecule has 3 aromatic rings. The highest BCUT2D eigenvalue weighted by Gasteiger charge is 2.35. The summed E-state index contributed by atoms with van der Waals surface area (Å²) in [6.07, 6.45) is 0.130. The molecule has 2 N–H and O–H groups in total. The minimum Gasteiger partial charge on any atom is -0.497 e. The normalized spacial score (nSPS) is 15.2. The zero-order chi connectivity index (χ0) is 24.1. The second-order valence-electron chi connectivity index (χ2n) is 8.31. The summed E-state index contributed by atoms with van der Waals surface area (Å²) in [5.41, 5.74) is 3.59. The molecule has 1 fully saturated rings. The van der Waals surface area contributed by atoms with Crippen LogP contribution in [-0.2, 0) is 16.1 Å². The van der Waals surface area contributed by atoms with Gasteiger partial charge >= 0.3 is 0 Å². The lowest BCUT2D eigenvalue weighted by Crippen LogP contribution is -2.29. The molecule has 1 atom stereocenters. The fourth-order valence-corrected chi connectivity index (χ4v) is 3.90. The molecule has 3 amide bonds. The molecule has 1 aliphatic rings. The van der Waals surface area contributed by atoms with E-state index in [2.05, 4.69) is 10.6 Å². The van der Waals surface area contributed by atoms with Gasteiger partial charge in [0, 0.05) is 25.2 Å². The van der Waals surface area contributed by atoms with Crippen LogP contribution < -0.4 is 20.3 Å². The van der Waals surface area contributed by atoms with E-state index in [-0.39, 0.29) is 24.1 Å². The van der Waals surface area contributed by atoms with Crippen molar-refractivity contribution in [3.05, 3.63) is 89.5 Å². The van der Waals surface area contributed by atoms with Crippen LogP contribution in [0.3, 0.4) is 0 Å². The third-order valence-electron chi connectivity index (χ3n) is 5.88. The van der Waals surface area contributed by atoms with Crippen molar-refractivity contribution >= 4 is 29.1 Å². The van der Waals surface area contributed by atoms with Gasteiger partial charge in [-0.2, -0.15) is 0 Å². The van der Waals surface area contributed by atoms with Crippen molar-refractivity contribution in [3.63, 3.8) is 0 Å². The molecule has 34 heavy (non-hydrogen) atoms. The van der Waals surface area contributed by atoms with Crippen LogP contribution >= 0.6 is 0 Å². The summed E-state index contributed by atoms with van der Waals surface area (Å²) in [7, 11) is 1.60. The van der Waals surface area contributed by atoms with Crippen molar-refractivity contribution in [1.29, 1.82) is 0 Å². The van der Waals surface area contributed by atoms with Crippen molar-refractivity contribution < 1.29 is 19.1 Å². The first-order valence-electron chi connectivity index (χ1n) is 11.1. The Labute approximate surface area is 198 Å². The summed E-state index contributed by atoms with van der Waals surface area (Å²) in [6.45, 7) is 2.63. The van der Waals surface area contributed by atoms with Crippen LogP contribution in [-0.4, -0.2) is 31.4 Å². The molecule has 0 aromatic heterocycles. The van der Waals surface area contributed by atoms with Crippen molar-refractivity contribution in [3.8, 4) is 5.75 Å². The Hall–Kier alpha value is -4.13. The van der Waals surface area contributed by atoms with E-state index in [1.807, 2.05) is 55.5 Å². The monoisotopic (exact) mass is 457 g/mol. The number of benzene rings is 3. The van der Waals surface area contributed by atoms with Gasteiger partial charge in [-0.25, -0.2) is 0 Å². The first-order chi connectivity index (χ1) is 16.4. The van der Waals surface area contributed by atoms with Crippen LogP contribution in [0, 0.1) is 12.8 Å². The summed E-state index contributed by atoms with van der Waals surface area (Å²) in [6, 6.07) is 21.9. The number of hydrogen-bond acceptors (Lipinski definition) is 4. The molecule has 1 saturated heterocycles. The lowest BCUT2D eigenvalue weighted by atomic mass is 10.1. The lowest BCUT2D eigenvalue weighted by Gasteiger charge is -2.17. The number of aryl methyl sites for hydroxylation is 1. The van der Waals surface area contributed by atoms with E-state index in [1.165, 1.54) is 0 Å². The summed E-state index contributed by atoms with van der Waals surface area (Å²) in [4.78, 5) is 40.0. The molecule has 0 bridgehead atoms. The van der Waals surface area contributed by atoms with Gasteiger partial charge in [0.15, 0.2) is 0 Å². The van der Waals surface area contributed by atoms with E-state index in [0.29, 0.717) is 24.3 Å². The molecule has 7 heteroatoms. The Kier molecular flexibility index (Phi) is 6.92. The Balaban J connectivity index is 1.40. The number of carbonyl (C=O) groups excluding carboxylic acids is 3. The minimum atomic E-state index is -0.496. The Morgan fingerprint density at radius 1 is 1.00 bits per heavy atom. The number of methoxy groups -OCH3 is 1. The molecule has 1 unspecified atom stereocenters. The maximum Gasteiger partial charge on any atom is 0.253 e. The third kappa shape index (κ3) is 5.26. The summed E-state index contributed by atoms with van der Waals surface area (Å²) in [5, 5.41) is 5.74. The van der Waals surface area contributed by atoms with Gasteiger partial charge in [0.05, 0.1) is 24.3 Å². The van der Waals surface area contributed by atoms with E-state index < -0.39 is 5.92 Å². The first kappa shape index (κ1) is 23.0. The number of nitrogens with zero attached hydrogens (tertiary/aromatic N) is 1. The average Bonchev–Trinajstić information content (AvgIpc) is 3.25. The maximum absolute atomic E-state index is 13.0. The van der Waals surface area contributed by atoms with E-state index in [9.17, 15) is 14.4 Å². The number of amides is 3. The Bertz CT molecular complexity index is 1190. The van der Waals surface area contributed by atoms with Crippen LogP contribution in [0.25, 0.3) is 0 Å². The second kappa shape index (κ2) is 10.2. The number of ether oxygens (including phenoxy) is 1. The molecule has 7 nitrogen and oxygen atoms in total. The fourth-order valence-electron chi connectivity index (χ4n) is 3.90. The third-order valence-corrected chi connectivity index (χ3v) is 5.88. The zero-order valence-corrected chi connectivity index (χ0v) is 19.2. The molecule has 3 aromatic carbocycles. The highest BCUT2D eigenvalue weighted by atomic mass is 16.5. The first-order valence-corrected chi connectivity index (χ1v) is 11.1. The van der Waals surface area contributed by atoms with Gasteiger partial charge in [0.25, 0.3) is 5.91 Å². The van der Waals surface area contributed by atoms with Crippen molar-refractivity contribution in [2.45, 2.75) is 19.9 Å². The van der Waals surface area contributed by atoms with Gasteiger partial charge in [0.1, 0.15) is 5.75 Å². The number of hydrogen-bond donors (Lipinski definition) is 2. The lowest BCUT2D eigenvalue weighted by molar-refractivity contribution is -0.122. The van der Waals surface area contributed by atoms with Crippen LogP contribution in [0.5, 0.6) is 5.75 Å². The topological polar surface area (TPSA) is 87.7 Å². The summed E-state index contributed by atoms with van der Waals surface area (Å²) >= 11 is 0. The van der Waals surface area contributed by atoms with Crippen molar-refractivity contribution in [2.24, 2.45) is 5.92 Å². The molecule has 1 heterocycles. The van der Waals surface area contributed by atoms with Gasteiger partial charge in [-0.05, 0) is 48.9 Å². The molecule has 4 rings (SSSR count). The molecular weight excluding hydrogens is 430 g/mol. The predicted molar refractivity (Wildman–Crippen MR) is 131 cm³/mol. The highest BCUT2D eigenvalue weighted by Crippen LogP contribution is 2.27. The number of rotatable bonds is 7. The van der Waals surface area contributed by atoms with Gasteiger partial charge in [-0.15, -0.1) is 0 Å². The zero-order valence-electron chi connectivity index (χ0n) is 19.2. The SMILES string of the molecule is COc1ccc(CNC(=O)c2ccccc2NC(=O)C2CC(=O)N(c3ccc(C)cc3)C2)cc1. The van der Waals surface area contributed by atoms with Gasteiger partial charge in [-0.3, -0.25) is 14.4 Å². The van der Waals surface area contributed by atoms with Crippen LogP contribution in [0.15, 0.2) is 72.8 Å². The quantitative estimate of drug-likeness (QED) is 0.563. The number of anilines is 2. The minimum absolute atomic E-state index is 0.0884. The van der Waals surface area contributed by atoms with Crippen LogP contribution in [0.4, 0.5) is 11.4 Å². The second-order valence-corrected chi connectivity index (χ2v) is 8.31. The van der Waals surface area contributed by atoms with E-state index >= 15 is 0 Å². The summed E-state index contributed by atoms with van der Waals surface area (Å²) in [5.74, 6) is -0.415. The molecule has 174 valence electrons. The molecular formula is C27H27N3O4. The van der Waals surface area contributed by atoms with Crippen LogP contribution in [0.2, 0.25) is 0 Å². The van der Waals surface area contributed by atoms with Gasteiger partial charge in [-0.1, -0.05) is 42.0 Å². The van der Waals surface area contributed by atoms with E-state index in [0.717, 1.165) is 22.6 Å². The Morgan fingerprint density at radius 3 is 2.41 bits per heavy atom. The van der Waals surface area contributed by atoms with E-state index in [4.69, 9.17) is 4.74 Å². The molecule has 0 spiro atoms. The van der Waals surface area contributed by atoms with Crippen LogP contribution in [0.1, 0.15) is 27.9 Å². The van der Waals surface area contributed by atoms with Crippen molar-refractivity contribution in [1.82, 2.24) is 5.32 Å². The fraction of sp³-hybridized carbons (Fsp3) is 0.222. The van der Waals surface area contributed by atoms with Gasteiger partial charge in [0.2, 0.25) is 11.8 Å². The number of carbonyl (C=O) groups is 3. The standard InChI is InChI=1S/C27H27N3O4/c1-18-7-11-21(12-8-18)30-17-20(15-25(30)31)26(32)29-24-6-4-3-5-23(24)27(33)28-16-19-9-13-22(34-2)14-10-19/h3-14,20H,15-17H2,1-2H3,(H,28,33)(H,29,32). The molecule has 1 aliphatic heterocycles. The molecule has 0 radical (unpaired) electrons. The Morgan fingerprint density at radius 2 is 1.71 bits per heavy atom. The average molecular weight is 458 g/mol. The number of nitrogens with one attached hydrogen (secondary N) is 2. The van der Waals surface area contributed by atoms with Crippen molar-refractivity contribution in [2.75, 3.05) is 23.9 Å². The van der Waals surface area contributed by atoms with Gasteiger partial charge < -0.3 is 20.3 Å². The number of para-hydroxylation sites is 1. The molecule has 0 aliphatic carbocycles.